The summed E-state index contributed by atoms with van der Waals surface area (Å²) in [5, 5.41) is 9.57. The summed E-state index contributed by atoms with van der Waals surface area (Å²) in [7, 11) is 0. The van der Waals surface area contributed by atoms with Gasteiger partial charge >= 0.3 is 5.97 Å². The van der Waals surface area contributed by atoms with Crippen molar-refractivity contribution < 1.29 is 9.90 Å². The Morgan fingerprint density at radius 3 is 2.60 bits per heavy atom. The van der Waals surface area contributed by atoms with Crippen molar-refractivity contribution in [2.75, 3.05) is 24.5 Å². The molecule has 0 aromatic heterocycles. The number of piperazine rings is 1. The number of carboxylic acids is 1. The number of benzene rings is 2. The summed E-state index contributed by atoms with van der Waals surface area (Å²) in [6, 6.07) is 17.1. The van der Waals surface area contributed by atoms with Crippen LogP contribution in [0.5, 0.6) is 0 Å². The molecule has 0 radical (unpaired) electrons. The van der Waals surface area contributed by atoms with E-state index in [1.165, 1.54) is 22.4 Å². The standard InChI is InChI=1S/C21H24N2O2/c1-2-18(21(24)25)22-11-12-23-19-10-6-4-8-16(19)13-15-7-3-5-9-17(15)20(23)14-22/h3-10,18,20H,2,11-14H2,1H3,(H,24,25). The van der Waals surface area contributed by atoms with Crippen LogP contribution in [0, 0.1) is 0 Å². The molecule has 2 aromatic carbocycles. The molecule has 25 heavy (non-hydrogen) atoms. The minimum Gasteiger partial charge on any atom is -0.480 e. The first-order chi connectivity index (χ1) is 12.2. The van der Waals surface area contributed by atoms with Gasteiger partial charge in [0.25, 0.3) is 0 Å². The highest BCUT2D eigenvalue weighted by atomic mass is 16.4. The number of rotatable bonds is 3. The maximum atomic E-state index is 11.6. The average molecular weight is 336 g/mol. The zero-order chi connectivity index (χ0) is 17.4. The Morgan fingerprint density at radius 1 is 1.12 bits per heavy atom. The van der Waals surface area contributed by atoms with Crippen LogP contribution in [0.2, 0.25) is 0 Å². The summed E-state index contributed by atoms with van der Waals surface area (Å²) in [6.45, 7) is 4.37. The second-order valence-corrected chi connectivity index (χ2v) is 6.97. The van der Waals surface area contributed by atoms with Crippen molar-refractivity contribution >= 4 is 11.7 Å². The Kier molecular flexibility index (Phi) is 4.22. The fourth-order valence-corrected chi connectivity index (χ4v) is 4.40. The Hall–Kier alpha value is -2.33. The maximum Gasteiger partial charge on any atom is 0.320 e. The molecule has 0 spiro atoms. The van der Waals surface area contributed by atoms with Crippen molar-refractivity contribution in [1.29, 1.82) is 0 Å². The van der Waals surface area contributed by atoms with Crippen LogP contribution in [0.1, 0.15) is 36.1 Å². The summed E-state index contributed by atoms with van der Waals surface area (Å²) >= 11 is 0. The van der Waals surface area contributed by atoms with E-state index in [9.17, 15) is 9.90 Å². The van der Waals surface area contributed by atoms with Gasteiger partial charge in [-0.25, -0.2) is 0 Å². The molecule has 2 atom stereocenters. The van der Waals surface area contributed by atoms with E-state index in [2.05, 4.69) is 58.3 Å². The number of para-hydroxylation sites is 1. The molecule has 2 unspecified atom stereocenters. The Morgan fingerprint density at radius 2 is 1.84 bits per heavy atom. The van der Waals surface area contributed by atoms with Crippen LogP contribution < -0.4 is 4.90 Å². The van der Waals surface area contributed by atoms with Crippen LogP contribution in [-0.4, -0.2) is 41.7 Å². The van der Waals surface area contributed by atoms with E-state index >= 15 is 0 Å². The maximum absolute atomic E-state index is 11.6. The zero-order valence-electron chi connectivity index (χ0n) is 14.6. The molecule has 1 fully saturated rings. The van der Waals surface area contributed by atoms with E-state index < -0.39 is 12.0 Å². The van der Waals surface area contributed by atoms with Gasteiger partial charge in [0, 0.05) is 25.3 Å². The minimum atomic E-state index is -0.710. The van der Waals surface area contributed by atoms with E-state index in [1.807, 2.05) is 6.92 Å². The summed E-state index contributed by atoms with van der Waals surface area (Å²) in [6.07, 6.45) is 1.58. The van der Waals surface area contributed by atoms with Crippen LogP contribution in [0.4, 0.5) is 5.69 Å². The van der Waals surface area contributed by atoms with Gasteiger partial charge in [-0.05, 0) is 35.6 Å². The van der Waals surface area contributed by atoms with Crippen LogP contribution in [-0.2, 0) is 11.2 Å². The number of carboxylic acid groups (broad SMARTS) is 1. The van der Waals surface area contributed by atoms with Gasteiger partial charge in [0.1, 0.15) is 6.04 Å². The van der Waals surface area contributed by atoms with Crippen molar-refractivity contribution in [3.05, 3.63) is 65.2 Å². The van der Waals surface area contributed by atoms with Gasteiger partial charge in [-0.1, -0.05) is 49.4 Å². The van der Waals surface area contributed by atoms with Crippen LogP contribution in [0.25, 0.3) is 0 Å². The summed E-state index contributed by atoms with van der Waals surface area (Å²) in [5.41, 5.74) is 5.35. The molecule has 4 nitrogen and oxygen atoms in total. The molecular weight excluding hydrogens is 312 g/mol. The van der Waals surface area contributed by atoms with Crippen LogP contribution in [0.15, 0.2) is 48.5 Å². The van der Waals surface area contributed by atoms with Crippen LogP contribution in [0.3, 0.4) is 0 Å². The first-order valence-electron chi connectivity index (χ1n) is 9.08. The van der Waals surface area contributed by atoms with Crippen molar-refractivity contribution in [3.63, 3.8) is 0 Å². The van der Waals surface area contributed by atoms with Crippen LogP contribution >= 0.6 is 0 Å². The van der Waals surface area contributed by atoms with Gasteiger partial charge in [-0.2, -0.15) is 0 Å². The smallest absolute Gasteiger partial charge is 0.320 e. The summed E-state index contributed by atoms with van der Waals surface area (Å²) in [5.74, 6) is -0.710. The molecule has 2 aromatic rings. The molecule has 2 heterocycles. The number of fused-ring (bicyclic) bond motifs is 5. The van der Waals surface area contributed by atoms with Gasteiger partial charge in [-0.3, -0.25) is 9.69 Å². The second-order valence-electron chi connectivity index (χ2n) is 6.97. The lowest BCUT2D eigenvalue weighted by Gasteiger charge is -2.44. The number of hydrogen-bond donors (Lipinski definition) is 1. The van der Waals surface area contributed by atoms with Crippen molar-refractivity contribution in [1.82, 2.24) is 4.90 Å². The third-order valence-electron chi connectivity index (χ3n) is 5.62. The zero-order valence-corrected chi connectivity index (χ0v) is 14.6. The van der Waals surface area contributed by atoms with E-state index in [4.69, 9.17) is 0 Å². The van der Waals surface area contributed by atoms with E-state index in [0.717, 1.165) is 26.1 Å². The predicted octanol–water partition coefficient (Wildman–Crippen LogP) is 3.32. The predicted molar refractivity (Wildman–Crippen MR) is 99.1 cm³/mol. The quantitative estimate of drug-likeness (QED) is 0.934. The SMILES string of the molecule is CCC(C(=O)O)N1CCN2c3ccccc3Cc3ccccc3C2C1. The molecule has 4 rings (SSSR count). The van der Waals surface area contributed by atoms with E-state index in [1.54, 1.807) is 0 Å². The summed E-state index contributed by atoms with van der Waals surface area (Å²) in [4.78, 5) is 16.3. The highest BCUT2D eigenvalue weighted by Crippen LogP contribution is 2.39. The molecule has 130 valence electrons. The summed E-state index contributed by atoms with van der Waals surface area (Å²) < 4.78 is 0. The van der Waals surface area contributed by atoms with Gasteiger partial charge in [0.2, 0.25) is 0 Å². The second kappa shape index (κ2) is 6.52. The Bertz CT molecular complexity index is 789. The largest absolute Gasteiger partial charge is 0.480 e. The van der Waals surface area contributed by atoms with E-state index in [-0.39, 0.29) is 6.04 Å². The average Bonchev–Trinajstić information content (AvgIpc) is 2.76. The first kappa shape index (κ1) is 16.2. The monoisotopic (exact) mass is 336 g/mol. The van der Waals surface area contributed by atoms with Gasteiger partial charge in [0.15, 0.2) is 0 Å². The lowest BCUT2D eigenvalue weighted by Crippen LogP contribution is -2.54. The van der Waals surface area contributed by atoms with Crippen molar-refractivity contribution in [2.45, 2.75) is 31.8 Å². The molecule has 4 heteroatoms. The number of hydrogen-bond acceptors (Lipinski definition) is 3. The fraction of sp³-hybridized carbons (Fsp3) is 0.381. The number of carbonyl (C=O) groups is 1. The normalized spacial score (nSPS) is 20.8. The number of aliphatic carboxylic acids is 1. The third-order valence-corrected chi connectivity index (χ3v) is 5.62. The topological polar surface area (TPSA) is 43.8 Å². The first-order valence-corrected chi connectivity index (χ1v) is 9.08. The highest BCUT2D eigenvalue weighted by molar-refractivity contribution is 5.73. The molecule has 0 bridgehead atoms. The fourth-order valence-electron chi connectivity index (χ4n) is 4.40. The van der Waals surface area contributed by atoms with Gasteiger partial charge < -0.3 is 10.0 Å². The van der Waals surface area contributed by atoms with Crippen molar-refractivity contribution in [2.24, 2.45) is 0 Å². The van der Waals surface area contributed by atoms with E-state index in [0.29, 0.717) is 6.42 Å². The molecule has 2 aliphatic rings. The number of nitrogens with zero attached hydrogens (tertiary/aromatic N) is 2. The van der Waals surface area contributed by atoms with Crippen molar-refractivity contribution in [3.8, 4) is 0 Å². The third kappa shape index (κ3) is 2.81. The lowest BCUT2D eigenvalue weighted by molar-refractivity contribution is -0.143. The molecule has 0 amide bonds. The Labute approximate surface area is 148 Å². The molecule has 2 aliphatic heterocycles. The molecule has 1 N–H and O–H groups in total. The minimum absolute atomic E-state index is 0.210. The molecule has 0 aliphatic carbocycles. The molecule has 0 saturated carbocycles. The van der Waals surface area contributed by atoms with Gasteiger partial charge in [-0.15, -0.1) is 0 Å². The Balaban J connectivity index is 1.76. The number of anilines is 1. The molecule has 1 saturated heterocycles. The highest BCUT2D eigenvalue weighted by Gasteiger charge is 2.36. The molecular formula is C21H24N2O2. The lowest BCUT2D eigenvalue weighted by atomic mass is 9.95. The van der Waals surface area contributed by atoms with Gasteiger partial charge in [0.05, 0.1) is 6.04 Å².